The zero-order chi connectivity index (χ0) is 28.7. The number of rotatable bonds is 9. The number of carbonyl (C=O) groups excluding carboxylic acids is 1. The van der Waals surface area contributed by atoms with Gasteiger partial charge in [-0.2, -0.15) is 0 Å². The quantitative estimate of drug-likeness (QED) is 0.318. The van der Waals surface area contributed by atoms with Gasteiger partial charge in [-0.3, -0.25) is 9.78 Å². The molecule has 216 valence electrons. The summed E-state index contributed by atoms with van der Waals surface area (Å²) in [7, 11) is 1.69. The molecule has 1 aromatic carbocycles. The van der Waals surface area contributed by atoms with Crippen LogP contribution in [-0.2, 0) is 4.79 Å². The fraction of sp³-hybridized carbons (Fsp3) is 0.559. The summed E-state index contributed by atoms with van der Waals surface area (Å²) in [5.74, 6) is 2.15. The fourth-order valence-corrected chi connectivity index (χ4v) is 6.16. The Morgan fingerprint density at radius 2 is 1.80 bits per heavy atom. The van der Waals surface area contributed by atoms with Crippen molar-refractivity contribution in [1.29, 1.82) is 5.41 Å². The lowest BCUT2D eigenvalue weighted by molar-refractivity contribution is -0.123. The van der Waals surface area contributed by atoms with E-state index in [4.69, 9.17) is 15.1 Å². The number of hydrogen-bond acceptors (Lipinski definition) is 5. The number of benzene rings is 1. The Balaban J connectivity index is 1.52. The van der Waals surface area contributed by atoms with Crippen LogP contribution in [0, 0.1) is 24.2 Å². The molecule has 1 heterocycles. The van der Waals surface area contributed by atoms with E-state index in [1.807, 2.05) is 31.3 Å². The number of carbonyl (C=O) groups is 1. The van der Waals surface area contributed by atoms with E-state index in [0.717, 1.165) is 91.9 Å². The third-order valence-electron chi connectivity index (χ3n) is 8.51. The topological polar surface area (TPSA) is 78.3 Å². The van der Waals surface area contributed by atoms with Crippen molar-refractivity contribution >= 4 is 23.4 Å². The summed E-state index contributed by atoms with van der Waals surface area (Å²) in [6.45, 7) is 9.07. The lowest BCUT2D eigenvalue weighted by atomic mass is 9.79. The molecule has 0 radical (unpaired) electrons. The van der Waals surface area contributed by atoms with Gasteiger partial charge in [-0.25, -0.2) is 0 Å². The van der Waals surface area contributed by atoms with Crippen molar-refractivity contribution in [3.63, 3.8) is 0 Å². The molecular weight excluding hydrogens is 496 g/mol. The molecule has 2 aliphatic carbocycles. The number of hydrogen-bond donors (Lipinski definition) is 2. The van der Waals surface area contributed by atoms with Crippen molar-refractivity contribution in [3.8, 4) is 5.75 Å². The number of methoxy groups -OCH3 is 1. The number of nitrogens with zero attached hydrogens (tertiary/aromatic N) is 2. The first-order chi connectivity index (χ1) is 19.2. The summed E-state index contributed by atoms with van der Waals surface area (Å²) in [5, 5.41) is 11.4. The van der Waals surface area contributed by atoms with Gasteiger partial charge in [0.25, 0.3) is 0 Å². The van der Waals surface area contributed by atoms with Crippen LogP contribution in [0.25, 0.3) is 5.57 Å². The molecule has 1 amide bonds. The Bertz CT molecular complexity index is 1180. The van der Waals surface area contributed by atoms with Crippen molar-refractivity contribution in [2.75, 3.05) is 18.6 Å². The summed E-state index contributed by atoms with van der Waals surface area (Å²) in [5.41, 5.74) is 4.73. The number of nitrogens with one attached hydrogen (secondary N) is 2. The van der Waals surface area contributed by atoms with Crippen molar-refractivity contribution < 1.29 is 9.53 Å². The zero-order valence-corrected chi connectivity index (χ0v) is 25.1. The highest BCUT2D eigenvalue weighted by molar-refractivity contribution is 6.08. The SMILES string of the molecule is COc1ccc(C2CCC(CN(C(=O)C3CCCCC3)c3cccc(/C(C=N)=C/NC(C)(C)C)c3)CC2)nc1C. The van der Waals surface area contributed by atoms with Crippen molar-refractivity contribution in [2.24, 2.45) is 11.8 Å². The van der Waals surface area contributed by atoms with Gasteiger partial charge in [-0.1, -0.05) is 31.4 Å². The number of allylic oxidation sites excluding steroid dienone is 1. The van der Waals surface area contributed by atoms with Crippen molar-refractivity contribution in [1.82, 2.24) is 10.3 Å². The monoisotopic (exact) mass is 544 g/mol. The highest BCUT2D eigenvalue weighted by atomic mass is 16.5. The van der Waals surface area contributed by atoms with Crippen LogP contribution in [0.3, 0.4) is 0 Å². The van der Waals surface area contributed by atoms with Gasteiger partial charge in [0.2, 0.25) is 5.91 Å². The Morgan fingerprint density at radius 1 is 1.07 bits per heavy atom. The first-order valence-electron chi connectivity index (χ1n) is 15.1. The largest absolute Gasteiger partial charge is 0.495 e. The smallest absolute Gasteiger partial charge is 0.230 e. The van der Waals surface area contributed by atoms with E-state index in [2.05, 4.69) is 49.2 Å². The molecule has 2 saturated carbocycles. The maximum Gasteiger partial charge on any atom is 0.230 e. The first-order valence-corrected chi connectivity index (χ1v) is 15.1. The Kier molecular flexibility index (Phi) is 10.0. The first kappa shape index (κ1) is 29.8. The number of aromatic nitrogens is 1. The van der Waals surface area contributed by atoms with Crippen LogP contribution in [0.2, 0.25) is 0 Å². The molecule has 0 bridgehead atoms. The highest BCUT2D eigenvalue weighted by Gasteiger charge is 2.31. The minimum atomic E-state index is -0.0896. The van der Waals surface area contributed by atoms with Crippen LogP contribution >= 0.6 is 0 Å². The Labute approximate surface area is 241 Å². The number of anilines is 1. The van der Waals surface area contributed by atoms with Gasteiger partial charge in [0.1, 0.15) is 5.75 Å². The van der Waals surface area contributed by atoms with Crippen LogP contribution in [0.1, 0.15) is 101 Å². The van der Waals surface area contributed by atoms with Gasteiger partial charge in [-0.15, -0.1) is 0 Å². The molecule has 0 spiro atoms. The Morgan fingerprint density at radius 3 is 2.42 bits per heavy atom. The fourth-order valence-electron chi connectivity index (χ4n) is 6.16. The second-order valence-electron chi connectivity index (χ2n) is 12.7. The number of pyridine rings is 1. The van der Waals surface area contributed by atoms with Gasteiger partial charge in [-0.05, 0) is 102 Å². The number of aryl methyl sites for hydroxylation is 1. The third-order valence-corrected chi connectivity index (χ3v) is 8.51. The van der Waals surface area contributed by atoms with E-state index in [0.29, 0.717) is 11.8 Å². The molecular formula is C34H48N4O2. The summed E-state index contributed by atoms with van der Waals surface area (Å²) in [6, 6.07) is 12.4. The lowest BCUT2D eigenvalue weighted by Crippen LogP contribution is -2.41. The van der Waals surface area contributed by atoms with Gasteiger partial charge >= 0.3 is 0 Å². The van der Waals surface area contributed by atoms with Crippen molar-refractivity contribution in [2.45, 2.75) is 96.9 Å². The van der Waals surface area contributed by atoms with Gasteiger partial charge in [0.05, 0.1) is 12.8 Å². The lowest BCUT2D eigenvalue weighted by Gasteiger charge is -2.35. The van der Waals surface area contributed by atoms with Crippen molar-refractivity contribution in [3.05, 3.63) is 59.5 Å². The molecule has 40 heavy (non-hydrogen) atoms. The second-order valence-corrected chi connectivity index (χ2v) is 12.7. The van der Waals surface area contributed by atoms with E-state index in [1.54, 1.807) is 7.11 Å². The molecule has 6 heteroatoms. The molecule has 0 unspecified atom stereocenters. The average Bonchev–Trinajstić information content (AvgIpc) is 2.96. The minimum absolute atomic E-state index is 0.0896. The maximum atomic E-state index is 14.0. The molecule has 0 saturated heterocycles. The van der Waals surface area contributed by atoms with Crippen LogP contribution < -0.4 is 15.0 Å². The molecule has 2 fully saturated rings. The minimum Gasteiger partial charge on any atom is -0.495 e. The summed E-state index contributed by atoms with van der Waals surface area (Å²) in [6.07, 6.45) is 13.2. The molecule has 2 aromatic rings. The molecule has 0 atom stereocenters. The predicted molar refractivity (Wildman–Crippen MR) is 165 cm³/mol. The molecule has 2 N–H and O–H groups in total. The summed E-state index contributed by atoms with van der Waals surface area (Å²) < 4.78 is 5.40. The molecule has 1 aromatic heterocycles. The Hall–Kier alpha value is -3.15. The van der Waals surface area contributed by atoms with Crippen LogP contribution in [-0.4, -0.2) is 36.3 Å². The molecule has 4 rings (SSSR count). The van der Waals surface area contributed by atoms with E-state index in [9.17, 15) is 4.79 Å². The average molecular weight is 545 g/mol. The maximum absolute atomic E-state index is 14.0. The van der Waals surface area contributed by atoms with Gasteiger partial charge in [0, 0.05) is 53.3 Å². The molecule has 6 nitrogen and oxygen atoms in total. The zero-order valence-electron chi connectivity index (χ0n) is 25.1. The van der Waals surface area contributed by atoms with Crippen LogP contribution in [0.5, 0.6) is 5.75 Å². The molecule has 0 aliphatic heterocycles. The third kappa shape index (κ3) is 7.74. The van der Waals surface area contributed by atoms with E-state index in [1.165, 1.54) is 12.6 Å². The summed E-state index contributed by atoms with van der Waals surface area (Å²) in [4.78, 5) is 20.9. The second kappa shape index (κ2) is 13.5. The normalized spacial score (nSPS) is 20.6. The predicted octanol–water partition coefficient (Wildman–Crippen LogP) is 7.66. The summed E-state index contributed by atoms with van der Waals surface area (Å²) >= 11 is 0. The van der Waals surface area contributed by atoms with Gasteiger partial charge in [0.15, 0.2) is 0 Å². The number of amides is 1. The van der Waals surface area contributed by atoms with E-state index < -0.39 is 0 Å². The number of ether oxygens (including phenoxy) is 1. The van der Waals surface area contributed by atoms with Crippen LogP contribution in [0.4, 0.5) is 5.69 Å². The van der Waals surface area contributed by atoms with E-state index in [-0.39, 0.29) is 17.4 Å². The standard InChI is InChI=1S/C34H48N4O2/c1-24-32(40-5)19-18-31(37-24)26-16-14-25(15-17-26)23-38(33(39)27-10-7-6-8-11-27)30-13-9-12-28(20-30)29(21-35)22-36-34(2,3)4/h9,12-13,18-22,25-27,35-36H,6-8,10-11,14-17,23H2,1-5H3/b29-22+,35-21?. The van der Waals surface area contributed by atoms with Gasteiger partial charge < -0.3 is 20.4 Å². The highest BCUT2D eigenvalue weighted by Crippen LogP contribution is 2.38. The van der Waals surface area contributed by atoms with E-state index >= 15 is 0 Å². The molecule has 2 aliphatic rings. The van der Waals surface area contributed by atoms with Crippen LogP contribution in [0.15, 0.2) is 42.6 Å².